The topological polar surface area (TPSA) is 53.6 Å². The Morgan fingerprint density at radius 1 is 1.24 bits per heavy atom. The first-order valence-corrected chi connectivity index (χ1v) is 10.5. The lowest BCUT2D eigenvalue weighted by atomic mass is 9.84. The van der Waals surface area contributed by atoms with E-state index in [9.17, 15) is 4.79 Å². The average molecular weight is 446 g/mol. The van der Waals surface area contributed by atoms with Crippen LogP contribution in [0.15, 0.2) is 24.3 Å². The number of hydrogen-bond donors (Lipinski definition) is 2. The Kier molecular flexibility index (Phi) is 12.1. The van der Waals surface area contributed by atoms with Gasteiger partial charge in [0.15, 0.2) is 0 Å². The maximum atomic E-state index is 12.6. The highest BCUT2D eigenvalue weighted by atomic mass is 35.5. The molecule has 0 spiro atoms. The molecule has 2 N–H and O–H groups in total. The van der Waals surface area contributed by atoms with E-state index in [-0.39, 0.29) is 36.8 Å². The van der Waals surface area contributed by atoms with Crippen molar-refractivity contribution in [1.29, 1.82) is 0 Å². The van der Waals surface area contributed by atoms with Gasteiger partial charge in [-0.05, 0) is 50.3 Å². The zero-order chi connectivity index (χ0) is 19.1. The zero-order valence-corrected chi connectivity index (χ0v) is 19.3. The summed E-state index contributed by atoms with van der Waals surface area (Å²) in [4.78, 5) is 15.1. The molecule has 1 aromatic rings. The largest absolute Gasteiger partial charge is 0.379 e. The van der Waals surface area contributed by atoms with E-state index in [2.05, 4.69) is 53.6 Å². The number of hydrogen-bond acceptors (Lipinski definition) is 4. The average Bonchev–Trinajstić information content (AvgIpc) is 2.70. The van der Waals surface area contributed by atoms with E-state index < -0.39 is 0 Å². The van der Waals surface area contributed by atoms with Crippen LogP contribution in [-0.4, -0.2) is 56.7 Å². The zero-order valence-electron chi connectivity index (χ0n) is 17.7. The van der Waals surface area contributed by atoms with Crippen molar-refractivity contribution >= 4 is 30.7 Å². The van der Waals surface area contributed by atoms with Gasteiger partial charge < -0.3 is 15.4 Å². The lowest BCUT2D eigenvalue weighted by Crippen LogP contribution is -2.44. The lowest BCUT2D eigenvalue weighted by molar-refractivity contribution is -0.122. The van der Waals surface area contributed by atoms with Crippen LogP contribution in [0.25, 0.3) is 0 Å². The van der Waals surface area contributed by atoms with Crippen molar-refractivity contribution in [3.05, 3.63) is 35.4 Å². The Balaban J connectivity index is 0.00000210. The Morgan fingerprint density at radius 3 is 2.59 bits per heavy atom. The summed E-state index contributed by atoms with van der Waals surface area (Å²) in [6.07, 6.45) is 3.01. The standard InChI is InChI=1S/C22H35N3O2.2ClH/c1-17-4-3-5-20(14-17)21(25-10-12-27-13-11-25)16-24-22(26)15-18(2)19-6-8-23-9-7-19;;/h3-5,14,18-19,21,23H,6-13,15-16H2,1-2H3,(H,24,26);2*1H. The fourth-order valence-electron chi connectivity index (χ4n) is 4.38. The maximum absolute atomic E-state index is 12.6. The second kappa shape index (κ2) is 13.5. The molecule has 0 aliphatic carbocycles. The monoisotopic (exact) mass is 445 g/mol. The van der Waals surface area contributed by atoms with Crippen LogP contribution in [0, 0.1) is 18.8 Å². The fraction of sp³-hybridized carbons (Fsp3) is 0.682. The van der Waals surface area contributed by atoms with Crippen molar-refractivity contribution in [2.75, 3.05) is 45.9 Å². The molecule has 0 aromatic heterocycles. The molecule has 1 amide bonds. The summed E-state index contributed by atoms with van der Waals surface area (Å²) in [6.45, 7) is 10.6. The van der Waals surface area contributed by atoms with Crippen LogP contribution in [-0.2, 0) is 9.53 Å². The number of rotatable bonds is 7. The van der Waals surface area contributed by atoms with E-state index in [0.717, 1.165) is 39.4 Å². The van der Waals surface area contributed by atoms with E-state index in [0.29, 0.717) is 24.8 Å². The SMILES string of the molecule is Cc1cccc(C(CNC(=O)CC(C)C2CCNCC2)N2CCOCC2)c1.Cl.Cl. The molecule has 2 aliphatic rings. The number of ether oxygens (including phenoxy) is 1. The molecule has 2 unspecified atom stereocenters. The van der Waals surface area contributed by atoms with Crippen molar-refractivity contribution in [2.45, 2.75) is 39.2 Å². The number of benzene rings is 1. The Bertz CT molecular complexity index is 605. The number of morpholine rings is 1. The molecule has 29 heavy (non-hydrogen) atoms. The minimum atomic E-state index is 0. The van der Waals surface area contributed by atoms with Crippen LogP contribution in [0.4, 0.5) is 0 Å². The van der Waals surface area contributed by atoms with Crippen LogP contribution < -0.4 is 10.6 Å². The van der Waals surface area contributed by atoms with Gasteiger partial charge in [-0.1, -0.05) is 36.8 Å². The minimum Gasteiger partial charge on any atom is -0.379 e. The number of carbonyl (C=O) groups excluding carboxylic acids is 1. The molecule has 166 valence electrons. The van der Waals surface area contributed by atoms with E-state index in [1.165, 1.54) is 24.0 Å². The number of halogens is 2. The number of carbonyl (C=O) groups is 1. The van der Waals surface area contributed by atoms with Crippen LogP contribution in [0.5, 0.6) is 0 Å². The predicted molar refractivity (Wildman–Crippen MR) is 123 cm³/mol. The van der Waals surface area contributed by atoms with Gasteiger partial charge in [0.2, 0.25) is 5.91 Å². The van der Waals surface area contributed by atoms with Crippen molar-refractivity contribution < 1.29 is 9.53 Å². The Labute approximate surface area is 188 Å². The quantitative estimate of drug-likeness (QED) is 0.675. The second-order valence-corrected chi connectivity index (χ2v) is 8.15. The van der Waals surface area contributed by atoms with Crippen LogP contribution in [0.2, 0.25) is 0 Å². The smallest absolute Gasteiger partial charge is 0.220 e. The molecular weight excluding hydrogens is 409 g/mol. The molecule has 2 saturated heterocycles. The molecule has 2 aliphatic heterocycles. The third kappa shape index (κ3) is 8.06. The third-order valence-corrected chi connectivity index (χ3v) is 6.10. The number of amides is 1. The number of nitrogens with one attached hydrogen (secondary N) is 2. The molecule has 3 rings (SSSR count). The van der Waals surface area contributed by atoms with Gasteiger partial charge in [-0.25, -0.2) is 0 Å². The number of piperidine rings is 1. The molecule has 0 bridgehead atoms. The van der Waals surface area contributed by atoms with Crippen LogP contribution >= 0.6 is 24.8 Å². The van der Waals surface area contributed by atoms with E-state index in [1.54, 1.807) is 0 Å². The summed E-state index contributed by atoms with van der Waals surface area (Å²) >= 11 is 0. The predicted octanol–water partition coefficient (Wildman–Crippen LogP) is 3.35. The van der Waals surface area contributed by atoms with E-state index in [4.69, 9.17) is 4.74 Å². The Morgan fingerprint density at radius 2 is 1.93 bits per heavy atom. The molecule has 2 heterocycles. The van der Waals surface area contributed by atoms with E-state index >= 15 is 0 Å². The van der Waals surface area contributed by atoms with Gasteiger partial charge in [0.25, 0.3) is 0 Å². The van der Waals surface area contributed by atoms with Crippen molar-refractivity contribution in [3.63, 3.8) is 0 Å². The lowest BCUT2D eigenvalue weighted by Gasteiger charge is -2.35. The van der Waals surface area contributed by atoms with E-state index in [1.807, 2.05) is 0 Å². The molecule has 2 fully saturated rings. The first-order chi connectivity index (χ1) is 13.1. The molecule has 2 atom stereocenters. The summed E-state index contributed by atoms with van der Waals surface area (Å²) in [5, 5.41) is 6.64. The van der Waals surface area contributed by atoms with Crippen molar-refractivity contribution in [2.24, 2.45) is 11.8 Å². The summed E-state index contributed by atoms with van der Waals surface area (Å²) < 4.78 is 5.52. The maximum Gasteiger partial charge on any atom is 0.220 e. The number of aryl methyl sites for hydroxylation is 1. The fourth-order valence-corrected chi connectivity index (χ4v) is 4.38. The summed E-state index contributed by atoms with van der Waals surface area (Å²) in [5.74, 6) is 1.31. The molecule has 1 aromatic carbocycles. The molecule has 0 radical (unpaired) electrons. The molecule has 7 heteroatoms. The van der Waals surface area contributed by atoms with Gasteiger partial charge in [-0.2, -0.15) is 0 Å². The number of nitrogens with zero attached hydrogens (tertiary/aromatic N) is 1. The summed E-state index contributed by atoms with van der Waals surface area (Å²) in [7, 11) is 0. The van der Waals surface area contributed by atoms with Crippen molar-refractivity contribution in [3.8, 4) is 0 Å². The van der Waals surface area contributed by atoms with Crippen LogP contribution in [0.1, 0.15) is 43.4 Å². The Hall–Kier alpha value is -0.850. The summed E-state index contributed by atoms with van der Waals surface area (Å²) in [5.41, 5.74) is 2.54. The van der Waals surface area contributed by atoms with Gasteiger partial charge in [0, 0.05) is 26.1 Å². The first-order valence-electron chi connectivity index (χ1n) is 10.5. The molecule has 5 nitrogen and oxygen atoms in total. The minimum absolute atomic E-state index is 0. The third-order valence-electron chi connectivity index (χ3n) is 6.10. The van der Waals surface area contributed by atoms with Gasteiger partial charge in [0.1, 0.15) is 0 Å². The second-order valence-electron chi connectivity index (χ2n) is 8.15. The highest BCUT2D eigenvalue weighted by Crippen LogP contribution is 2.25. The van der Waals surface area contributed by atoms with Gasteiger partial charge in [-0.3, -0.25) is 9.69 Å². The van der Waals surface area contributed by atoms with Gasteiger partial charge >= 0.3 is 0 Å². The highest BCUT2D eigenvalue weighted by Gasteiger charge is 2.25. The molecule has 0 saturated carbocycles. The molecular formula is C22H37Cl2N3O2. The highest BCUT2D eigenvalue weighted by molar-refractivity contribution is 5.85. The first kappa shape index (κ1) is 26.2. The summed E-state index contributed by atoms with van der Waals surface area (Å²) in [6, 6.07) is 8.87. The van der Waals surface area contributed by atoms with Gasteiger partial charge in [-0.15, -0.1) is 24.8 Å². The van der Waals surface area contributed by atoms with Gasteiger partial charge in [0.05, 0.1) is 19.3 Å². The van der Waals surface area contributed by atoms with Crippen molar-refractivity contribution in [1.82, 2.24) is 15.5 Å². The normalized spacial score (nSPS) is 20.1. The van der Waals surface area contributed by atoms with Crippen LogP contribution in [0.3, 0.4) is 0 Å².